The molecule has 1 N–H and O–H groups in total. The maximum absolute atomic E-state index is 12.0. The van der Waals surface area contributed by atoms with Crippen LogP contribution in [0.15, 0.2) is 40.7 Å². The quantitative estimate of drug-likeness (QED) is 0.931. The van der Waals surface area contributed by atoms with Crippen molar-refractivity contribution in [2.75, 3.05) is 19.4 Å². The normalized spacial score (nSPS) is 11.6. The summed E-state index contributed by atoms with van der Waals surface area (Å²) in [5.74, 6) is -0.393. The second kappa shape index (κ2) is 5.70. The van der Waals surface area contributed by atoms with Crippen molar-refractivity contribution in [2.24, 2.45) is 0 Å². The summed E-state index contributed by atoms with van der Waals surface area (Å²) in [6.07, 6.45) is 1.58. The molecule has 0 radical (unpaired) electrons. The molecule has 0 aliphatic carbocycles. The number of nitrogens with one attached hydrogen (secondary N) is 1. The molecule has 8 heteroatoms. The van der Waals surface area contributed by atoms with Gasteiger partial charge in [0.2, 0.25) is 10.0 Å². The summed E-state index contributed by atoms with van der Waals surface area (Å²) in [7, 11) is -0.670. The number of hydrogen-bond acceptors (Lipinski definition) is 5. The predicted molar refractivity (Wildman–Crippen MR) is 77.4 cm³/mol. The number of hydrogen-bond donors (Lipinski definition) is 1. The SMILES string of the molecule is CN(C)S(=O)(=O)c1cccc(C(=O)Nc2nccs2)c1. The monoisotopic (exact) mass is 311 g/mol. The van der Waals surface area contributed by atoms with Gasteiger partial charge in [0.15, 0.2) is 5.13 Å². The highest BCUT2D eigenvalue weighted by Gasteiger charge is 2.18. The lowest BCUT2D eigenvalue weighted by molar-refractivity contribution is 0.102. The molecular formula is C12H13N3O3S2. The second-order valence-corrected chi connectivity index (χ2v) is 7.15. The number of rotatable bonds is 4. The first-order valence-corrected chi connectivity index (χ1v) is 7.96. The van der Waals surface area contributed by atoms with E-state index >= 15 is 0 Å². The number of amides is 1. The van der Waals surface area contributed by atoms with Gasteiger partial charge in [0.1, 0.15) is 0 Å². The molecule has 0 bridgehead atoms. The number of nitrogens with zero attached hydrogens (tertiary/aromatic N) is 2. The van der Waals surface area contributed by atoms with Gasteiger partial charge >= 0.3 is 0 Å². The molecule has 106 valence electrons. The number of sulfonamides is 1. The standard InChI is InChI=1S/C12H13N3O3S2/c1-15(2)20(17,18)10-5-3-4-9(8-10)11(16)14-12-13-6-7-19-12/h3-8H,1-2H3,(H,13,14,16). The zero-order valence-corrected chi connectivity index (χ0v) is 12.5. The maximum atomic E-state index is 12.0. The second-order valence-electron chi connectivity index (χ2n) is 4.11. The Bertz CT molecular complexity index is 709. The van der Waals surface area contributed by atoms with E-state index in [9.17, 15) is 13.2 Å². The van der Waals surface area contributed by atoms with Crippen molar-refractivity contribution in [3.8, 4) is 0 Å². The van der Waals surface area contributed by atoms with Crippen LogP contribution in [-0.2, 0) is 10.0 Å². The Balaban J connectivity index is 2.28. The zero-order valence-electron chi connectivity index (χ0n) is 10.9. The van der Waals surface area contributed by atoms with Crippen LogP contribution in [0.5, 0.6) is 0 Å². The Morgan fingerprint density at radius 3 is 2.70 bits per heavy atom. The highest BCUT2D eigenvalue weighted by Crippen LogP contribution is 2.17. The highest BCUT2D eigenvalue weighted by molar-refractivity contribution is 7.89. The van der Waals surface area contributed by atoms with Gasteiger partial charge < -0.3 is 0 Å². The summed E-state index contributed by atoms with van der Waals surface area (Å²) in [6.45, 7) is 0. The van der Waals surface area contributed by atoms with Gasteiger partial charge in [-0.05, 0) is 18.2 Å². The molecule has 6 nitrogen and oxygen atoms in total. The summed E-state index contributed by atoms with van der Waals surface area (Å²) in [5.41, 5.74) is 0.267. The number of thiazole rings is 1. The smallest absolute Gasteiger partial charge is 0.257 e. The lowest BCUT2D eigenvalue weighted by Crippen LogP contribution is -2.22. The number of carbonyl (C=O) groups excluding carboxylic acids is 1. The summed E-state index contributed by atoms with van der Waals surface area (Å²) in [4.78, 5) is 16.0. The Kier molecular flexibility index (Phi) is 4.17. The molecule has 2 rings (SSSR count). The molecule has 0 atom stereocenters. The van der Waals surface area contributed by atoms with E-state index in [1.807, 2.05) is 0 Å². The van der Waals surface area contributed by atoms with E-state index in [2.05, 4.69) is 10.3 Å². The van der Waals surface area contributed by atoms with Crippen LogP contribution in [0, 0.1) is 0 Å². The Morgan fingerprint density at radius 2 is 2.10 bits per heavy atom. The third-order valence-electron chi connectivity index (χ3n) is 2.53. The third kappa shape index (κ3) is 3.03. The molecule has 1 aromatic carbocycles. The fourth-order valence-electron chi connectivity index (χ4n) is 1.46. The molecule has 1 heterocycles. The first kappa shape index (κ1) is 14.6. The predicted octanol–water partition coefficient (Wildman–Crippen LogP) is 1.65. The van der Waals surface area contributed by atoms with Gasteiger partial charge in [-0.1, -0.05) is 6.07 Å². The first-order valence-electron chi connectivity index (χ1n) is 5.64. The largest absolute Gasteiger partial charge is 0.298 e. The third-order valence-corrected chi connectivity index (χ3v) is 5.03. The van der Waals surface area contributed by atoms with Crippen LogP contribution in [0.1, 0.15) is 10.4 Å². The van der Waals surface area contributed by atoms with Crippen LogP contribution in [0.3, 0.4) is 0 Å². The van der Waals surface area contributed by atoms with Crippen LogP contribution < -0.4 is 5.32 Å². The highest BCUT2D eigenvalue weighted by atomic mass is 32.2. The van der Waals surface area contributed by atoms with Crippen molar-refractivity contribution < 1.29 is 13.2 Å². The van der Waals surface area contributed by atoms with Crippen molar-refractivity contribution in [1.29, 1.82) is 0 Å². The average molecular weight is 311 g/mol. The van der Waals surface area contributed by atoms with E-state index in [1.54, 1.807) is 17.6 Å². The molecule has 20 heavy (non-hydrogen) atoms. The average Bonchev–Trinajstić information content (AvgIpc) is 2.91. The number of aromatic nitrogens is 1. The van der Waals surface area contributed by atoms with Crippen molar-refractivity contribution >= 4 is 32.4 Å². The molecule has 0 spiro atoms. The molecule has 2 aromatic rings. The zero-order chi connectivity index (χ0) is 14.8. The van der Waals surface area contributed by atoms with Crippen molar-refractivity contribution in [3.63, 3.8) is 0 Å². The number of anilines is 1. The van der Waals surface area contributed by atoms with Crippen LogP contribution >= 0.6 is 11.3 Å². The Labute approximate surface area is 121 Å². The molecular weight excluding hydrogens is 298 g/mol. The van der Waals surface area contributed by atoms with Gasteiger partial charge in [-0.2, -0.15) is 0 Å². The van der Waals surface area contributed by atoms with Crippen LogP contribution in [0.25, 0.3) is 0 Å². The molecule has 0 aliphatic rings. The lowest BCUT2D eigenvalue weighted by atomic mass is 10.2. The summed E-state index contributed by atoms with van der Waals surface area (Å²) >= 11 is 1.29. The van der Waals surface area contributed by atoms with Crippen molar-refractivity contribution in [2.45, 2.75) is 4.90 Å². The fourth-order valence-corrected chi connectivity index (χ4v) is 2.94. The summed E-state index contributed by atoms with van der Waals surface area (Å²) in [6, 6.07) is 5.89. The topological polar surface area (TPSA) is 79.4 Å². The van der Waals surface area contributed by atoms with Gasteiger partial charge in [0, 0.05) is 31.2 Å². The van der Waals surface area contributed by atoms with Gasteiger partial charge in [0.25, 0.3) is 5.91 Å². The summed E-state index contributed by atoms with van der Waals surface area (Å²) in [5, 5.41) is 4.81. The Hall–Kier alpha value is -1.77. The Morgan fingerprint density at radius 1 is 1.35 bits per heavy atom. The minimum Gasteiger partial charge on any atom is -0.298 e. The minimum atomic E-state index is -3.55. The maximum Gasteiger partial charge on any atom is 0.257 e. The van der Waals surface area contributed by atoms with E-state index < -0.39 is 15.9 Å². The van der Waals surface area contributed by atoms with Gasteiger partial charge in [-0.15, -0.1) is 11.3 Å². The van der Waals surface area contributed by atoms with Gasteiger partial charge in [0.05, 0.1) is 4.90 Å². The van der Waals surface area contributed by atoms with E-state index in [0.29, 0.717) is 5.13 Å². The molecule has 1 amide bonds. The van der Waals surface area contributed by atoms with Crippen molar-refractivity contribution in [3.05, 3.63) is 41.4 Å². The van der Waals surface area contributed by atoms with E-state index in [1.165, 1.54) is 43.6 Å². The van der Waals surface area contributed by atoms with Crippen LogP contribution in [0.2, 0.25) is 0 Å². The number of benzene rings is 1. The van der Waals surface area contributed by atoms with E-state index in [0.717, 1.165) is 4.31 Å². The molecule has 0 unspecified atom stereocenters. The fraction of sp³-hybridized carbons (Fsp3) is 0.167. The van der Waals surface area contributed by atoms with Gasteiger partial charge in [-0.25, -0.2) is 17.7 Å². The minimum absolute atomic E-state index is 0.0780. The number of carbonyl (C=O) groups is 1. The molecule has 0 saturated heterocycles. The van der Waals surface area contributed by atoms with Gasteiger partial charge in [-0.3, -0.25) is 10.1 Å². The molecule has 0 aliphatic heterocycles. The van der Waals surface area contributed by atoms with E-state index in [-0.39, 0.29) is 10.5 Å². The van der Waals surface area contributed by atoms with E-state index in [4.69, 9.17) is 0 Å². The first-order chi connectivity index (χ1) is 9.41. The van der Waals surface area contributed by atoms with Crippen LogP contribution in [-0.4, -0.2) is 37.7 Å². The summed E-state index contributed by atoms with van der Waals surface area (Å²) < 4.78 is 25.1. The van der Waals surface area contributed by atoms with Crippen molar-refractivity contribution in [1.82, 2.24) is 9.29 Å². The molecule has 0 fully saturated rings. The lowest BCUT2D eigenvalue weighted by Gasteiger charge is -2.12. The molecule has 1 aromatic heterocycles. The molecule has 0 saturated carbocycles. The van der Waals surface area contributed by atoms with Crippen LogP contribution in [0.4, 0.5) is 5.13 Å².